The van der Waals surface area contributed by atoms with Crippen LogP contribution in [-0.4, -0.2) is 35.4 Å². The first-order valence-electron chi connectivity index (χ1n) is 6.25. The Morgan fingerprint density at radius 3 is 2.77 bits per heavy atom. The number of hydrogen-bond donors (Lipinski definition) is 1. The molecule has 2 rings (SSSR count). The summed E-state index contributed by atoms with van der Waals surface area (Å²) in [5.74, 6) is -0.398. The highest BCUT2D eigenvalue weighted by atomic mass is 16.6. The van der Waals surface area contributed by atoms with Crippen molar-refractivity contribution in [2.24, 2.45) is 0 Å². The minimum Gasteiger partial charge on any atom is -0.490 e. The molecule has 1 fully saturated rings. The fourth-order valence-corrected chi connectivity index (χ4v) is 1.97. The Balaban J connectivity index is 2.36. The van der Waals surface area contributed by atoms with Gasteiger partial charge in [-0.3, -0.25) is 19.8 Å². The standard InChI is InChI=1S/C14H13N3O5/c1-3-6-16-13(18)10(15-14(16)19)7-9-4-5-12(22-2)11(8-9)17(20)21/h3-5,7-8H,1,6H2,2H3,(H,15,19)/b10-7+. The molecule has 1 heterocycles. The summed E-state index contributed by atoms with van der Waals surface area (Å²) in [6, 6.07) is 3.68. The number of rotatable bonds is 5. The van der Waals surface area contributed by atoms with Gasteiger partial charge in [-0.05, 0) is 17.7 Å². The average molecular weight is 303 g/mol. The van der Waals surface area contributed by atoms with E-state index < -0.39 is 16.9 Å². The van der Waals surface area contributed by atoms with Crippen LogP contribution in [0.4, 0.5) is 10.5 Å². The Hall–Kier alpha value is -3.16. The number of nitro benzene ring substituents is 1. The molecule has 22 heavy (non-hydrogen) atoms. The number of nitro groups is 1. The molecule has 0 aromatic heterocycles. The molecule has 1 aliphatic rings. The summed E-state index contributed by atoms with van der Waals surface area (Å²) < 4.78 is 4.90. The van der Waals surface area contributed by atoms with E-state index in [1.54, 1.807) is 6.07 Å². The van der Waals surface area contributed by atoms with Crippen molar-refractivity contribution in [1.82, 2.24) is 10.2 Å². The summed E-state index contributed by atoms with van der Waals surface area (Å²) in [5.41, 5.74) is 0.222. The van der Waals surface area contributed by atoms with Gasteiger partial charge in [0.05, 0.1) is 12.0 Å². The van der Waals surface area contributed by atoms with E-state index in [0.717, 1.165) is 4.90 Å². The highest BCUT2D eigenvalue weighted by molar-refractivity contribution is 6.14. The molecule has 1 aromatic rings. The molecule has 0 bridgehead atoms. The number of carbonyl (C=O) groups is 2. The fraction of sp³-hybridized carbons (Fsp3) is 0.143. The Bertz CT molecular complexity index is 696. The quantitative estimate of drug-likeness (QED) is 0.293. The minimum absolute atomic E-state index is 0.0475. The zero-order chi connectivity index (χ0) is 16.3. The van der Waals surface area contributed by atoms with Crippen molar-refractivity contribution in [3.63, 3.8) is 0 Å². The number of amides is 3. The van der Waals surface area contributed by atoms with Crippen molar-refractivity contribution in [3.05, 3.63) is 52.2 Å². The zero-order valence-electron chi connectivity index (χ0n) is 11.7. The molecule has 8 heteroatoms. The maximum Gasteiger partial charge on any atom is 0.329 e. The van der Waals surface area contributed by atoms with Gasteiger partial charge in [0.2, 0.25) is 0 Å². The average Bonchev–Trinajstić information content (AvgIpc) is 2.75. The van der Waals surface area contributed by atoms with E-state index in [1.165, 1.54) is 31.4 Å². The van der Waals surface area contributed by atoms with Crippen molar-refractivity contribution in [1.29, 1.82) is 0 Å². The van der Waals surface area contributed by atoms with Crippen molar-refractivity contribution >= 4 is 23.7 Å². The Morgan fingerprint density at radius 2 is 2.18 bits per heavy atom. The van der Waals surface area contributed by atoms with Gasteiger partial charge in [-0.25, -0.2) is 4.79 Å². The number of nitrogens with one attached hydrogen (secondary N) is 1. The van der Waals surface area contributed by atoms with Gasteiger partial charge in [-0.15, -0.1) is 6.58 Å². The second-order valence-electron chi connectivity index (χ2n) is 4.38. The normalized spacial score (nSPS) is 15.9. The number of nitrogens with zero attached hydrogens (tertiary/aromatic N) is 2. The van der Waals surface area contributed by atoms with Gasteiger partial charge in [0.25, 0.3) is 5.91 Å². The van der Waals surface area contributed by atoms with E-state index in [2.05, 4.69) is 11.9 Å². The first kappa shape index (κ1) is 15.2. The molecule has 0 unspecified atom stereocenters. The molecule has 114 valence electrons. The van der Waals surface area contributed by atoms with Crippen LogP contribution in [0.25, 0.3) is 6.08 Å². The van der Waals surface area contributed by atoms with E-state index in [9.17, 15) is 19.7 Å². The second-order valence-corrected chi connectivity index (χ2v) is 4.38. The third kappa shape index (κ3) is 2.80. The van der Waals surface area contributed by atoms with Crippen LogP contribution in [0.2, 0.25) is 0 Å². The summed E-state index contributed by atoms with van der Waals surface area (Å²) in [7, 11) is 1.33. The second kappa shape index (κ2) is 6.08. The molecule has 0 saturated carbocycles. The van der Waals surface area contributed by atoms with Gasteiger partial charge >= 0.3 is 11.7 Å². The van der Waals surface area contributed by atoms with Crippen molar-refractivity contribution in [2.45, 2.75) is 0 Å². The highest BCUT2D eigenvalue weighted by Crippen LogP contribution is 2.28. The molecular formula is C14H13N3O5. The maximum absolute atomic E-state index is 12.0. The Kier molecular flexibility index (Phi) is 4.21. The SMILES string of the molecule is C=CCN1C(=O)N/C(=C/c2ccc(OC)c([N+](=O)[O-])c2)C1=O. The molecule has 1 N–H and O–H groups in total. The van der Waals surface area contributed by atoms with Gasteiger partial charge in [-0.2, -0.15) is 0 Å². The van der Waals surface area contributed by atoms with Crippen LogP contribution in [0, 0.1) is 10.1 Å². The third-order valence-corrected chi connectivity index (χ3v) is 2.98. The maximum atomic E-state index is 12.0. The van der Waals surface area contributed by atoms with Crippen molar-refractivity contribution in [3.8, 4) is 5.75 Å². The summed E-state index contributed by atoms with van der Waals surface area (Å²) >= 11 is 0. The van der Waals surface area contributed by atoms with Crippen LogP contribution >= 0.6 is 0 Å². The predicted molar refractivity (Wildman–Crippen MR) is 78.1 cm³/mol. The molecule has 3 amide bonds. The molecule has 0 spiro atoms. The van der Waals surface area contributed by atoms with E-state index in [1.807, 2.05) is 0 Å². The van der Waals surface area contributed by atoms with Crippen molar-refractivity contribution in [2.75, 3.05) is 13.7 Å². The number of methoxy groups -OCH3 is 1. The molecule has 0 atom stereocenters. The number of hydrogen-bond acceptors (Lipinski definition) is 5. The van der Waals surface area contributed by atoms with E-state index >= 15 is 0 Å². The van der Waals surface area contributed by atoms with Gasteiger partial charge in [0.15, 0.2) is 5.75 Å². The molecule has 0 radical (unpaired) electrons. The summed E-state index contributed by atoms with van der Waals surface area (Å²) in [5, 5.41) is 13.4. The number of carbonyl (C=O) groups excluding carboxylic acids is 2. The first-order valence-corrected chi connectivity index (χ1v) is 6.25. The number of urea groups is 1. The number of imide groups is 1. The lowest BCUT2D eigenvalue weighted by molar-refractivity contribution is -0.385. The molecule has 1 saturated heterocycles. The van der Waals surface area contributed by atoms with Gasteiger partial charge < -0.3 is 10.1 Å². The Morgan fingerprint density at radius 1 is 1.45 bits per heavy atom. The molecule has 8 nitrogen and oxygen atoms in total. The van der Waals surface area contributed by atoms with Gasteiger partial charge in [0, 0.05) is 12.6 Å². The van der Waals surface area contributed by atoms with Gasteiger partial charge in [0.1, 0.15) is 5.70 Å². The van der Waals surface area contributed by atoms with Crippen LogP contribution in [0.5, 0.6) is 5.75 Å². The smallest absolute Gasteiger partial charge is 0.329 e. The van der Waals surface area contributed by atoms with Crippen LogP contribution in [-0.2, 0) is 4.79 Å². The van der Waals surface area contributed by atoms with E-state index in [4.69, 9.17) is 4.74 Å². The minimum atomic E-state index is -0.583. The summed E-state index contributed by atoms with van der Waals surface area (Å²) in [6.45, 7) is 3.56. The predicted octanol–water partition coefficient (Wildman–Crippen LogP) is 1.68. The summed E-state index contributed by atoms with van der Waals surface area (Å²) in [4.78, 5) is 35.0. The molecule has 1 aliphatic heterocycles. The summed E-state index contributed by atoms with van der Waals surface area (Å²) in [6.07, 6.45) is 2.80. The molecular weight excluding hydrogens is 290 g/mol. The zero-order valence-corrected chi connectivity index (χ0v) is 11.7. The van der Waals surface area contributed by atoms with Crippen LogP contribution < -0.4 is 10.1 Å². The van der Waals surface area contributed by atoms with E-state index in [0.29, 0.717) is 5.56 Å². The lowest BCUT2D eigenvalue weighted by atomic mass is 10.1. The topological polar surface area (TPSA) is 102 Å². The van der Waals surface area contributed by atoms with E-state index in [-0.39, 0.29) is 23.7 Å². The van der Waals surface area contributed by atoms with Crippen LogP contribution in [0.3, 0.4) is 0 Å². The van der Waals surface area contributed by atoms with Crippen LogP contribution in [0.1, 0.15) is 5.56 Å². The highest BCUT2D eigenvalue weighted by Gasteiger charge is 2.32. The lowest BCUT2D eigenvalue weighted by Gasteiger charge is -2.06. The van der Waals surface area contributed by atoms with Crippen LogP contribution in [0.15, 0.2) is 36.6 Å². The molecule has 0 aliphatic carbocycles. The largest absolute Gasteiger partial charge is 0.490 e. The Labute approximate surface area is 125 Å². The number of ether oxygens (including phenoxy) is 1. The fourth-order valence-electron chi connectivity index (χ4n) is 1.97. The van der Waals surface area contributed by atoms with Crippen molar-refractivity contribution < 1.29 is 19.2 Å². The number of benzene rings is 1. The monoisotopic (exact) mass is 303 g/mol. The first-order chi connectivity index (χ1) is 10.5. The van der Waals surface area contributed by atoms with Gasteiger partial charge in [-0.1, -0.05) is 12.1 Å². The third-order valence-electron chi connectivity index (χ3n) is 2.98. The molecule has 1 aromatic carbocycles. The lowest BCUT2D eigenvalue weighted by Crippen LogP contribution is -2.30.